The molecule has 0 N–H and O–H groups in total. The van der Waals surface area contributed by atoms with E-state index in [0.717, 1.165) is 31.0 Å². The number of amides is 1. The number of nitrogens with zero attached hydrogens (tertiary/aromatic N) is 3. The molecule has 1 aliphatic heterocycles. The van der Waals surface area contributed by atoms with Crippen molar-refractivity contribution < 1.29 is 9.21 Å². The Balaban J connectivity index is 1.59. The van der Waals surface area contributed by atoms with E-state index in [1.807, 2.05) is 30.9 Å². The molecule has 0 aromatic carbocycles. The van der Waals surface area contributed by atoms with Gasteiger partial charge in [-0.3, -0.25) is 14.5 Å². The number of hydrogen-bond donors (Lipinski definition) is 0. The van der Waals surface area contributed by atoms with Gasteiger partial charge in [0.25, 0.3) is 11.5 Å². The number of carbonyl (C=O) groups is 1. The summed E-state index contributed by atoms with van der Waals surface area (Å²) in [7, 11) is 1.75. The lowest BCUT2D eigenvalue weighted by molar-refractivity contribution is 0.0626. The van der Waals surface area contributed by atoms with Gasteiger partial charge in [0.2, 0.25) is 0 Å². The quantitative estimate of drug-likeness (QED) is 0.857. The normalized spacial score (nSPS) is 15.7. The van der Waals surface area contributed by atoms with Gasteiger partial charge in [-0.15, -0.1) is 0 Å². The molecule has 2 aromatic heterocycles. The van der Waals surface area contributed by atoms with Crippen molar-refractivity contribution in [1.29, 1.82) is 0 Å². The average molecular weight is 329 g/mol. The predicted molar refractivity (Wildman–Crippen MR) is 91.0 cm³/mol. The summed E-state index contributed by atoms with van der Waals surface area (Å²) in [5.41, 5.74) is 1.68. The van der Waals surface area contributed by atoms with Gasteiger partial charge in [-0.05, 0) is 31.5 Å². The summed E-state index contributed by atoms with van der Waals surface area (Å²) in [6.45, 7) is 7.40. The van der Waals surface area contributed by atoms with Crippen LogP contribution in [0.3, 0.4) is 0 Å². The zero-order valence-electron chi connectivity index (χ0n) is 14.4. The molecule has 0 bridgehead atoms. The maximum Gasteiger partial charge on any atom is 0.257 e. The van der Waals surface area contributed by atoms with Crippen molar-refractivity contribution in [2.45, 2.75) is 20.4 Å². The molecule has 1 amide bonds. The van der Waals surface area contributed by atoms with Gasteiger partial charge in [-0.1, -0.05) is 0 Å². The summed E-state index contributed by atoms with van der Waals surface area (Å²) in [5, 5.41) is 0. The van der Waals surface area contributed by atoms with Gasteiger partial charge >= 0.3 is 0 Å². The number of furan rings is 1. The van der Waals surface area contributed by atoms with Crippen molar-refractivity contribution >= 4 is 5.91 Å². The third kappa shape index (κ3) is 3.43. The van der Waals surface area contributed by atoms with Crippen molar-refractivity contribution in [3.63, 3.8) is 0 Å². The Bertz CT molecular complexity index is 798. The highest BCUT2D eigenvalue weighted by atomic mass is 16.3. The fourth-order valence-corrected chi connectivity index (χ4v) is 3.07. The molecule has 0 atom stereocenters. The van der Waals surface area contributed by atoms with Crippen LogP contribution in [0.4, 0.5) is 0 Å². The van der Waals surface area contributed by atoms with Crippen LogP contribution in [0.2, 0.25) is 0 Å². The highest BCUT2D eigenvalue weighted by Crippen LogP contribution is 2.17. The molecule has 3 rings (SSSR count). The Hall–Kier alpha value is -2.34. The highest BCUT2D eigenvalue weighted by Gasteiger charge is 2.24. The molecule has 6 nitrogen and oxygen atoms in total. The molecule has 128 valence electrons. The number of pyridine rings is 1. The third-order valence-electron chi connectivity index (χ3n) is 4.51. The van der Waals surface area contributed by atoms with E-state index in [1.165, 1.54) is 0 Å². The van der Waals surface area contributed by atoms with Gasteiger partial charge in [-0.2, -0.15) is 0 Å². The van der Waals surface area contributed by atoms with Gasteiger partial charge < -0.3 is 13.9 Å². The first-order valence-electron chi connectivity index (χ1n) is 8.18. The molecule has 2 aromatic rings. The van der Waals surface area contributed by atoms with Crippen molar-refractivity contribution in [1.82, 2.24) is 14.4 Å². The van der Waals surface area contributed by atoms with Crippen molar-refractivity contribution in [3.05, 3.63) is 57.4 Å². The van der Waals surface area contributed by atoms with Gasteiger partial charge in [0.1, 0.15) is 11.5 Å². The fourth-order valence-electron chi connectivity index (χ4n) is 3.07. The molecule has 3 heterocycles. The van der Waals surface area contributed by atoms with Gasteiger partial charge in [-0.25, -0.2) is 0 Å². The molecule has 24 heavy (non-hydrogen) atoms. The van der Waals surface area contributed by atoms with Crippen molar-refractivity contribution in [3.8, 4) is 0 Å². The van der Waals surface area contributed by atoms with Crippen LogP contribution < -0.4 is 5.56 Å². The SMILES string of the molecule is Cc1cc(C(=O)N2CCN(Cc3ccn(C)c(=O)c3)CC2)c(C)o1. The van der Waals surface area contributed by atoms with Crippen LogP contribution in [-0.4, -0.2) is 46.5 Å². The maximum atomic E-state index is 12.6. The van der Waals surface area contributed by atoms with Crippen LogP contribution in [0.25, 0.3) is 0 Å². The number of piperazine rings is 1. The van der Waals surface area contributed by atoms with Crippen LogP contribution >= 0.6 is 0 Å². The summed E-state index contributed by atoms with van der Waals surface area (Å²) in [6, 6.07) is 5.45. The molecule has 0 radical (unpaired) electrons. The van der Waals surface area contributed by atoms with E-state index in [9.17, 15) is 9.59 Å². The minimum Gasteiger partial charge on any atom is -0.466 e. The zero-order chi connectivity index (χ0) is 17.3. The second kappa shape index (κ2) is 6.65. The molecule has 6 heteroatoms. The fraction of sp³-hybridized carbons (Fsp3) is 0.444. The largest absolute Gasteiger partial charge is 0.466 e. The molecular formula is C18H23N3O3. The van der Waals surface area contributed by atoms with E-state index in [-0.39, 0.29) is 11.5 Å². The number of aromatic nitrogens is 1. The molecule has 0 saturated carbocycles. The Morgan fingerprint density at radius 3 is 2.46 bits per heavy atom. The van der Waals surface area contributed by atoms with Crippen molar-refractivity contribution in [2.24, 2.45) is 7.05 Å². The van der Waals surface area contributed by atoms with Crippen LogP contribution in [0.5, 0.6) is 0 Å². The Morgan fingerprint density at radius 1 is 1.17 bits per heavy atom. The lowest BCUT2D eigenvalue weighted by Crippen LogP contribution is -2.48. The highest BCUT2D eigenvalue weighted by molar-refractivity contribution is 5.95. The van der Waals surface area contributed by atoms with E-state index in [4.69, 9.17) is 4.42 Å². The Kier molecular flexibility index (Phi) is 4.57. The number of aryl methyl sites for hydroxylation is 3. The van der Waals surface area contributed by atoms with E-state index >= 15 is 0 Å². The summed E-state index contributed by atoms with van der Waals surface area (Å²) in [4.78, 5) is 28.4. The predicted octanol–water partition coefficient (Wildman–Crippen LogP) is 1.55. The van der Waals surface area contributed by atoms with Gasteiger partial charge in [0, 0.05) is 52.0 Å². The first-order valence-corrected chi connectivity index (χ1v) is 8.18. The number of carbonyl (C=O) groups excluding carboxylic acids is 1. The van der Waals surface area contributed by atoms with E-state index in [2.05, 4.69) is 4.90 Å². The minimum absolute atomic E-state index is 0.00659. The lowest BCUT2D eigenvalue weighted by Gasteiger charge is -2.34. The minimum atomic E-state index is 0.00659. The lowest BCUT2D eigenvalue weighted by atomic mass is 10.2. The molecule has 0 aliphatic carbocycles. The van der Waals surface area contributed by atoms with Crippen LogP contribution in [-0.2, 0) is 13.6 Å². The second-order valence-corrected chi connectivity index (χ2v) is 6.38. The Morgan fingerprint density at radius 2 is 1.88 bits per heavy atom. The monoisotopic (exact) mass is 329 g/mol. The first kappa shape index (κ1) is 16.5. The zero-order valence-corrected chi connectivity index (χ0v) is 14.4. The van der Waals surface area contributed by atoms with Crippen molar-refractivity contribution in [2.75, 3.05) is 26.2 Å². The third-order valence-corrected chi connectivity index (χ3v) is 4.51. The van der Waals surface area contributed by atoms with Gasteiger partial charge in [0.05, 0.1) is 5.56 Å². The van der Waals surface area contributed by atoms with E-state index < -0.39 is 0 Å². The van der Waals surface area contributed by atoms with Crippen LogP contribution in [0.1, 0.15) is 27.4 Å². The summed E-state index contributed by atoms with van der Waals surface area (Å²) in [5.74, 6) is 1.48. The van der Waals surface area contributed by atoms with Crippen LogP contribution in [0, 0.1) is 13.8 Å². The molecule has 0 spiro atoms. The summed E-state index contributed by atoms with van der Waals surface area (Å²) in [6.07, 6.45) is 1.79. The van der Waals surface area contributed by atoms with Gasteiger partial charge in [0.15, 0.2) is 0 Å². The van der Waals surface area contributed by atoms with E-state index in [1.54, 1.807) is 23.9 Å². The molecule has 1 saturated heterocycles. The molecule has 1 aliphatic rings. The maximum absolute atomic E-state index is 12.6. The Labute approximate surface area is 141 Å². The van der Waals surface area contributed by atoms with E-state index in [0.29, 0.717) is 24.4 Å². The molecular weight excluding hydrogens is 306 g/mol. The molecule has 0 unspecified atom stereocenters. The van der Waals surface area contributed by atoms with Crippen LogP contribution in [0.15, 0.2) is 33.6 Å². The number of rotatable bonds is 3. The second-order valence-electron chi connectivity index (χ2n) is 6.38. The smallest absolute Gasteiger partial charge is 0.257 e. The number of hydrogen-bond acceptors (Lipinski definition) is 4. The average Bonchev–Trinajstić information content (AvgIpc) is 2.89. The summed E-state index contributed by atoms with van der Waals surface area (Å²) < 4.78 is 7.02. The molecule has 1 fully saturated rings. The topological polar surface area (TPSA) is 58.7 Å². The standard InChI is InChI=1S/C18H23N3O3/c1-13-10-16(14(2)24-13)18(23)21-8-6-20(7-9-21)12-15-4-5-19(3)17(22)11-15/h4-5,10-11H,6-9,12H2,1-3H3. The first-order chi connectivity index (χ1) is 11.4. The summed E-state index contributed by atoms with van der Waals surface area (Å²) >= 11 is 0.